The number of rotatable bonds is 5. The van der Waals surface area contributed by atoms with Crippen LogP contribution in [-0.2, 0) is 0 Å². The third kappa shape index (κ3) is 4.37. The van der Waals surface area contributed by atoms with Crippen molar-refractivity contribution in [3.8, 4) is 0 Å². The van der Waals surface area contributed by atoms with Crippen LogP contribution in [0.5, 0.6) is 0 Å². The summed E-state index contributed by atoms with van der Waals surface area (Å²) in [5.74, 6) is -0.134. The van der Waals surface area contributed by atoms with Gasteiger partial charge >= 0.3 is 0 Å². The van der Waals surface area contributed by atoms with Gasteiger partial charge in [-0.15, -0.1) is 0 Å². The second kappa shape index (κ2) is 7.33. The maximum atomic E-state index is 12.4. The number of carbonyl (C=O) groups is 1. The molecule has 0 spiro atoms. The molecule has 0 saturated heterocycles. The molecule has 0 aliphatic heterocycles. The maximum Gasteiger partial charge on any atom is 0.254 e. The summed E-state index contributed by atoms with van der Waals surface area (Å²) in [6.45, 7) is 0.730. The molecule has 1 amide bonds. The zero-order valence-corrected chi connectivity index (χ0v) is 13.7. The quantitative estimate of drug-likeness (QED) is 0.846. The van der Waals surface area contributed by atoms with Crippen LogP contribution in [0.25, 0.3) is 0 Å². The molecule has 1 unspecified atom stereocenters. The van der Waals surface area contributed by atoms with Gasteiger partial charge in [0, 0.05) is 12.7 Å². The van der Waals surface area contributed by atoms with Gasteiger partial charge < -0.3 is 10.2 Å². The molecule has 0 radical (unpaired) electrons. The molecule has 21 heavy (non-hydrogen) atoms. The number of carbonyl (C=O) groups excluding carboxylic acids is 1. The highest BCUT2D eigenvalue weighted by Crippen LogP contribution is 2.17. The van der Waals surface area contributed by atoms with Crippen LogP contribution in [-0.4, -0.2) is 36.4 Å². The first-order chi connectivity index (χ1) is 10.1. The second-order valence-corrected chi connectivity index (χ2v) is 5.79. The average molecular weight is 348 g/mol. The zero-order chi connectivity index (χ0) is 15.2. The number of hydrogen-bond donors (Lipinski definition) is 1. The van der Waals surface area contributed by atoms with E-state index in [-0.39, 0.29) is 11.9 Å². The fourth-order valence-corrected chi connectivity index (χ4v) is 2.51. The van der Waals surface area contributed by atoms with Crippen LogP contribution < -0.4 is 5.32 Å². The SMILES string of the molecule is CN(C)CC(NC(=O)c1cccnc1Br)c1ccccc1. The topological polar surface area (TPSA) is 45.2 Å². The van der Waals surface area contributed by atoms with Gasteiger partial charge in [-0.3, -0.25) is 4.79 Å². The monoisotopic (exact) mass is 347 g/mol. The minimum atomic E-state index is -0.134. The van der Waals surface area contributed by atoms with E-state index in [1.54, 1.807) is 18.3 Å². The van der Waals surface area contributed by atoms with Gasteiger partial charge in [0.2, 0.25) is 0 Å². The van der Waals surface area contributed by atoms with Gasteiger partial charge in [0.25, 0.3) is 5.91 Å². The van der Waals surface area contributed by atoms with Gasteiger partial charge in [-0.25, -0.2) is 4.98 Å². The Morgan fingerprint density at radius 2 is 1.95 bits per heavy atom. The van der Waals surface area contributed by atoms with E-state index in [1.807, 2.05) is 44.4 Å². The molecule has 2 rings (SSSR count). The standard InChI is InChI=1S/C16H18BrN3O/c1-20(2)11-14(12-7-4-3-5-8-12)19-16(21)13-9-6-10-18-15(13)17/h3-10,14H,11H2,1-2H3,(H,19,21). The average Bonchev–Trinajstić information content (AvgIpc) is 2.47. The number of benzene rings is 1. The van der Waals surface area contributed by atoms with Crippen molar-refractivity contribution in [2.75, 3.05) is 20.6 Å². The number of pyridine rings is 1. The number of halogens is 1. The summed E-state index contributed by atoms with van der Waals surface area (Å²) >= 11 is 3.31. The van der Waals surface area contributed by atoms with Crippen LogP contribution in [0, 0.1) is 0 Å². The van der Waals surface area contributed by atoms with E-state index in [0.717, 1.165) is 12.1 Å². The van der Waals surface area contributed by atoms with Crippen LogP contribution in [0.1, 0.15) is 22.0 Å². The number of likely N-dealkylation sites (N-methyl/N-ethyl adjacent to an activating group) is 1. The maximum absolute atomic E-state index is 12.4. The van der Waals surface area contributed by atoms with Gasteiger partial charge in [-0.2, -0.15) is 0 Å². The Morgan fingerprint density at radius 3 is 2.57 bits per heavy atom. The lowest BCUT2D eigenvalue weighted by atomic mass is 10.1. The lowest BCUT2D eigenvalue weighted by Gasteiger charge is -2.23. The second-order valence-electron chi connectivity index (χ2n) is 5.04. The van der Waals surface area contributed by atoms with E-state index in [1.165, 1.54) is 0 Å². The molecule has 0 fully saturated rings. The van der Waals surface area contributed by atoms with Crippen molar-refractivity contribution in [1.82, 2.24) is 15.2 Å². The summed E-state index contributed by atoms with van der Waals surface area (Å²) in [5, 5.41) is 3.07. The first-order valence-electron chi connectivity index (χ1n) is 6.69. The lowest BCUT2D eigenvalue weighted by molar-refractivity contribution is 0.0928. The van der Waals surface area contributed by atoms with Crippen molar-refractivity contribution < 1.29 is 4.79 Å². The van der Waals surface area contributed by atoms with Crippen molar-refractivity contribution in [3.63, 3.8) is 0 Å². The molecular formula is C16H18BrN3O. The Hall–Kier alpha value is -1.72. The number of amides is 1. The Kier molecular flexibility index (Phi) is 5.47. The highest BCUT2D eigenvalue weighted by Gasteiger charge is 2.18. The molecule has 2 aromatic rings. The molecule has 1 aromatic heterocycles. The van der Waals surface area contributed by atoms with E-state index in [4.69, 9.17) is 0 Å². The van der Waals surface area contributed by atoms with E-state index in [0.29, 0.717) is 10.2 Å². The molecule has 110 valence electrons. The molecule has 0 aliphatic rings. The van der Waals surface area contributed by atoms with Gasteiger partial charge in [-0.05, 0) is 47.7 Å². The molecule has 0 bridgehead atoms. The molecule has 0 aliphatic carbocycles. The molecule has 0 saturated carbocycles. The predicted molar refractivity (Wildman–Crippen MR) is 87.1 cm³/mol. The first kappa shape index (κ1) is 15.7. The van der Waals surface area contributed by atoms with Crippen molar-refractivity contribution in [1.29, 1.82) is 0 Å². The van der Waals surface area contributed by atoms with Crippen LogP contribution in [0.4, 0.5) is 0 Å². The van der Waals surface area contributed by atoms with Gasteiger partial charge in [0.1, 0.15) is 4.60 Å². The Morgan fingerprint density at radius 1 is 1.24 bits per heavy atom. The van der Waals surface area contributed by atoms with Crippen LogP contribution >= 0.6 is 15.9 Å². The molecule has 4 nitrogen and oxygen atoms in total. The van der Waals surface area contributed by atoms with E-state index in [9.17, 15) is 4.79 Å². The molecule has 1 heterocycles. The summed E-state index contributed by atoms with van der Waals surface area (Å²) in [4.78, 5) is 18.6. The molecule has 5 heteroatoms. The Labute approximate surface area is 133 Å². The third-order valence-electron chi connectivity index (χ3n) is 3.06. The highest BCUT2D eigenvalue weighted by molar-refractivity contribution is 9.10. The first-order valence-corrected chi connectivity index (χ1v) is 7.48. The number of aromatic nitrogens is 1. The summed E-state index contributed by atoms with van der Waals surface area (Å²) in [6.07, 6.45) is 1.65. The summed E-state index contributed by atoms with van der Waals surface area (Å²) in [7, 11) is 3.98. The fraction of sp³-hybridized carbons (Fsp3) is 0.250. The summed E-state index contributed by atoms with van der Waals surface area (Å²) in [5.41, 5.74) is 1.62. The predicted octanol–water partition coefficient (Wildman–Crippen LogP) is 2.88. The molecular weight excluding hydrogens is 330 g/mol. The normalized spacial score (nSPS) is 12.2. The fourth-order valence-electron chi connectivity index (χ4n) is 2.08. The van der Waals surface area contributed by atoms with Crippen molar-refractivity contribution in [2.45, 2.75) is 6.04 Å². The molecule has 1 N–H and O–H groups in total. The van der Waals surface area contributed by atoms with Gasteiger partial charge in [0.15, 0.2) is 0 Å². The van der Waals surface area contributed by atoms with E-state index >= 15 is 0 Å². The van der Waals surface area contributed by atoms with Crippen LogP contribution in [0.15, 0.2) is 53.3 Å². The molecule has 1 aromatic carbocycles. The number of nitrogens with one attached hydrogen (secondary N) is 1. The van der Waals surface area contributed by atoms with Gasteiger partial charge in [0.05, 0.1) is 11.6 Å². The lowest BCUT2D eigenvalue weighted by Crippen LogP contribution is -2.35. The number of hydrogen-bond acceptors (Lipinski definition) is 3. The Bertz CT molecular complexity index is 601. The highest BCUT2D eigenvalue weighted by atomic mass is 79.9. The third-order valence-corrected chi connectivity index (χ3v) is 3.69. The van der Waals surface area contributed by atoms with Crippen molar-refractivity contribution >= 4 is 21.8 Å². The van der Waals surface area contributed by atoms with Gasteiger partial charge in [-0.1, -0.05) is 30.3 Å². The van der Waals surface area contributed by atoms with Crippen molar-refractivity contribution in [2.24, 2.45) is 0 Å². The minimum Gasteiger partial charge on any atom is -0.344 e. The number of nitrogens with zero attached hydrogens (tertiary/aromatic N) is 2. The summed E-state index contributed by atoms with van der Waals surface area (Å²) < 4.78 is 0.555. The summed E-state index contributed by atoms with van der Waals surface area (Å²) in [6, 6.07) is 13.4. The van der Waals surface area contributed by atoms with Crippen LogP contribution in [0.3, 0.4) is 0 Å². The Balaban J connectivity index is 2.19. The van der Waals surface area contributed by atoms with Crippen molar-refractivity contribution in [3.05, 3.63) is 64.4 Å². The van der Waals surface area contributed by atoms with E-state index in [2.05, 4.69) is 31.1 Å². The molecule has 1 atom stereocenters. The van der Waals surface area contributed by atoms with Crippen LogP contribution in [0.2, 0.25) is 0 Å². The smallest absolute Gasteiger partial charge is 0.254 e. The zero-order valence-electron chi connectivity index (χ0n) is 12.1. The van der Waals surface area contributed by atoms with E-state index < -0.39 is 0 Å². The minimum absolute atomic E-state index is 0.0687. The largest absolute Gasteiger partial charge is 0.344 e.